The van der Waals surface area contributed by atoms with Gasteiger partial charge < -0.3 is 0 Å². The molecule has 100 valence electrons. The van der Waals surface area contributed by atoms with E-state index in [4.69, 9.17) is 0 Å². The number of hydrogen-bond donors (Lipinski definition) is 0. The highest BCUT2D eigenvalue weighted by Gasteiger charge is 2.37. The predicted octanol–water partition coefficient (Wildman–Crippen LogP) is 5.22. The molecule has 0 aromatic heterocycles. The molecule has 2 aliphatic rings. The molecule has 0 aromatic carbocycles. The Morgan fingerprint density at radius 1 is 0.706 bits per heavy atom. The van der Waals surface area contributed by atoms with Crippen molar-refractivity contribution in [3.63, 3.8) is 0 Å². The molecule has 6 atom stereocenters. The highest BCUT2D eigenvalue weighted by molar-refractivity contribution is 4.87. The minimum atomic E-state index is -0.556. The van der Waals surface area contributed by atoms with Crippen molar-refractivity contribution in [2.45, 2.75) is 71.9 Å². The normalized spacial score (nSPS) is 48.7. The Kier molecular flexibility index (Phi) is 4.49. The Morgan fingerprint density at radius 3 is 2.12 bits per heavy atom. The summed E-state index contributed by atoms with van der Waals surface area (Å²) < 4.78 is 14.1. The second-order valence-electron chi connectivity index (χ2n) is 6.87. The van der Waals surface area contributed by atoms with Gasteiger partial charge in [-0.15, -0.1) is 0 Å². The zero-order valence-corrected chi connectivity index (χ0v) is 11.8. The van der Waals surface area contributed by atoms with E-state index in [9.17, 15) is 4.39 Å². The summed E-state index contributed by atoms with van der Waals surface area (Å²) in [6.45, 7) is 6.82. The molecular formula is C16H29F. The number of rotatable bonds is 0. The van der Waals surface area contributed by atoms with Gasteiger partial charge in [0.15, 0.2) is 0 Å². The highest BCUT2D eigenvalue weighted by atomic mass is 19.1. The first-order valence-corrected chi connectivity index (χ1v) is 7.73. The quantitative estimate of drug-likeness (QED) is 0.544. The summed E-state index contributed by atoms with van der Waals surface area (Å²) in [5, 5.41) is 0. The Balaban J connectivity index is 2.04. The average molecular weight is 240 g/mol. The molecule has 2 fully saturated rings. The van der Waals surface area contributed by atoms with Crippen LogP contribution in [-0.4, -0.2) is 6.17 Å². The minimum Gasteiger partial charge on any atom is -0.247 e. The lowest BCUT2D eigenvalue weighted by Gasteiger charge is -2.31. The van der Waals surface area contributed by atoms with Gasteiger partial charge in [-0.3, -0.25) is 0 Å². The Hall–Kier alpha value is -0.0700. The molecule has 0 nitrogen and oxygen atoms in total. The molecule has 0 spiro atoms. The van der Waals surface area contributed by atoms with Crippen molar-refractivity contribution in [3.05, 3.63) is 0 Å². The largest absolute Gasteiger partial charge is 0.247 e. The summed E-state index contributed by atoms with van der Waals surface area (Å²) in [6.07, 6.45) is 8.07. The maximum Gasteiger partial charge on any atom is 0.103 e. The van der Waals surface area contributed by atoms with Gasteiger partial charge >= 0.3 is 0 Å². The van der Waals surface area contributed by atoms with Gasteiger partial charge in [-0.1, -0.05) is 40.0 Å². The first kappa shape index (κ1) is 13.4. The molecule has 2 saturated carbocycles. The van der Waals surface area contributed by atoms with E-state index < -0.39 is 6.17 Å². The van der Waals surface area contributed by atoms with E-state index in [1.807, 2.05) is 0 Å². The molecule has 0 bridgehead atoms. The zero-order valence-electron chi connectivity index (χ0n) is 11.8. The van der Waals surface area contributed by atoms with Crippen LogP contribution in [0.1, 0.15) is 65.7 Å². The van der Waals surface area contributed by atoms with Gasteiger partial charge in [0.05, 0.1) is 0 Å². The second kappa shape index (κ2) is 5.71. The maximum absolute atomic E-state index is 14.1. The molecule has 1 heteroatoms. The fourth-order valence-corrected chi connectivity index (χ4v) is 4.30. The Bertz CT molecular complexity index is 238. The van der Waals surface area contributed by atoms with E-state index in [1.54, 1.807) is 0 Å². The van der Waals surface area contributed by atoms with Crippen LogP contribution < -0.4 is 0 Å². The number of fused-ring (bicyclic) bond motifs is 1. The first-order chi connectivity index (χ1) is 8.09. The van der Waals surface area contributed by atoms with Crippen LogP contribution in [0.4, 0.5) is 4.39 Å². The van der Waals surface area contributed by atoms with Gasteiger partial charge in [0.25, 0.3) is 0 Å². The van der Waals surface area contributed by atoms with Crippen LogP contribution in [-0.2, 0) is 0 Å². The zero-order chi connectivity index (χ0) is 12.4. The van der Waals surface area contributed by atoms with E-state index in [2.05, 4.69) is 20.8 Å². The fourth-order valence-electron chi connectivity index (χ4n) is 4.30. The third kappa shape index (κ3) is 3.03. The van der Waals surface area contributed by atoms with Crippen LogP contribution in [0.25, 0.3) is 0 Å². The molecule has 6 unspecified atom stereocenters. The van der Waals surface area contributed by atoms with E-state index in [1.165, 1.54) is 32.1 Å². The number of halogens is 1. The third-order valence-electron chi connectivity index (χ3n) is 5.63. The van der Waals surface area contributed by atoms with Crippen LogP contribution in [0.2, 0.25) is 0 Å². The van der Waals surface area contributed by atoms with Crippen molar-refractivity contribution in [3.8, 4) is 0 Å². The van der Waals surface area contributed by atoms with Gasteiger partial charge in [-0.25, -0.2) is 4.39 Å². The fraction of sp³-hybridized carbons (Fsp3) is 1.00. The maximum atomic E-state index is 14.1. The van der Waals surface area contributed by atoms with Gasteiger partial charge in [-0.05, 0) is 55.3 Å². The molecule has 0 amide bonds. The molecule has 2 rings (SSSR count). The Morgan fingerprint density at radius 2 is 1.35 bits per heavy atom. The molecule has 0 N–H and O–H groups in total. The monoisotopic (exact) mass is 240 g/mol. The summed E-state index contributed by atoms with van der Waals surface area (Å²) in [5.74, 6) is 3.48. The van der Waals surface area contributed by atoms with Gasteiger partial charge in [0.1, 0.15) is 6.17 Å². The predicted molar refractivity (Wildman–Crippen MR) is 71.7 cm³/mol. The van der Waals surface area contributed by atoms with Crippen LogP contribution in [0, 0.1) is 29.6 Å². The lowest BCUT2D eigenvalue weighted by molar-refractivity contribution is 0.132. The lowest BCUT2D eigenvalue weighted by atomic mass is 9.75. The smallest absolute Gasteiger partial charge is 0.103 e. The van der Waals surface area contributed by atoms with Gasteiger partial charge in [0.2, 0.25) is 0 Å². The van der Waals surface area contributed by atoms with E-state index >= 15 is 0 Å². The molecular weight excluding hydrogens is 211 g/mol. The summed E-state index contributed by atoms with van der Waals surface area (Å²) in [6, 6.07) is 0. The molecule has 0 heterocycles. The van der Waals surface area contributed by atoms with E-state index in [-0.39, 0.29) is 5.92 Å². The number of hydrogen-bond acceptors (Lipinski definition) is 0. The summed E-state index contributed by atoms with van der Waals surface area (Å²) in [4.78, 5) is 0. The molecule has 0 saturated heterocycles. The minimum absolute atomic E-state index is 0.285. The third-order valence-corrected chi connectivity index (χ3v) is 5.63. The molecule has 17 heavy (non-hydrogen) atoms. The topological polar surface area (TPSA) is 0 Å². The van der Waals surface area contributed by atoms with Crippen LogP contribution in [0.5, 0.6) is 0 Å². The van der Waals surface area contributed by atoms with Crippen molar-refractivity contribution in [1.29, 1.82) is 0 Å². The van der Waals surface area contributed by atoms with Crippen molar-refractivity contribution in [2.24, 2.45) is 29.6 Å². The molecule has 0 aromatic rings. The van der Waals surface area contributed by atoms with Crippen molar-refractivity contribution < 1.29 is 4.39 Å². The van der Waals surface area contributed by atoms with Crippen molar-refractivity contribution in [1.82, 2.24) is 0 Å². The SMILES string of the molecule is CC1CCCCC2C(C)CCC2C(C)CC1F. The van der Waals surface area contributed by atoms with Crippen LogP contribution >= 0.6 is 0 Å². The summed E-state index contributed by atoms with van der Waals surface area (Å²) >= 11 is 0. The van der Waals surface area contributed by atoms with Gasteiger partial charge in [0, 0.05) is 0 Å². The first-order valence-electron chi connectivity index (χ1n) is 7.73. The summed E-state index contributed by atoms with van der Waals surface area (Å²) in [5.41, 5.74) is 0. The van der Waals surface area contributed by atoms with Crippen molar-refractivity contribution >= 4 is 0 Å². The lowest BCUT2D eigenvalue weighted by Crippen LogP contribution is -2.26. The number of alkyl halides is 1. The van der Waals surface area contributed by atoms with E-state index in [0.29, 0.717) is 5.92 Å². The molecule has 0 radical (unpaired) electrons. The second-order valence-corrected chi connectivity index (χ2v) is 6.87. The standard InChI is InChI=1S/C16H29F/c1-11-8-9-15-13(3)10-16(17)12(2)6-4-5-7-14(11)15/h11-16H,4-10H2,1-3H3. The van der Waals surface area contributed by atoms with Crippen LogP contribution in [0.15, 0.2) is 0 Å². The van der Waals surface area contributed by atoms with Gasteiger partial charge in [-0.2, -0.15) is 0 Å². The van der Waals surface area contributed by atoms with Crippen molar-refractivity contribution in [2.75, 3.05) is 0 Å². The molecule has 2 aliphatic carbocycles. The molecule has 0 aliphatic heterocycles. The van der Waals surface area contributed by atoms with Crippen LogP contribution in [0.3, 0.4) is 0 Å². The highest BCUT2D eigenvalue weighted by Crippen LogP contribution is 2.46. The average Bonchev–Trinajstić information content (AvgIpc) is 2.65. The summed E-state index contributed by atoms with van der Waals surface area (Å²) in [7, 11) is 0. The van der Waals surface area contributed by atoms with E-state index in [0.717, 1.165) is 30.6 Å². The Labute approximate surface area is 106 Å².